The topological polar surface area (TPSA) is 69.4 Å². The molecule has 106 valence electrons. The van der Waals surface area contributed by atoms with Gasteiger partial charge in [-0.25, -0.2) is 12.8 Å². The Morgan fingerprint density at radius 2 is 2.26 bits per heavy atom. The molecule has 2 N–H and O–H groups in total. The van der Waals surface area contributed by atoms with E-state index in [1.807, 2.05) is 0 Å². The minimum absolute atomic E-state index is 0.0742. The van der Waals surface area contributed by atoms with Crippen molar-refractivity contribution in [3.8, 4) is 5.75 Å². The van der Waals surface area contributed by atoms with Crippen molar-refractivity contribution in [1.82, 2.24) is 0 Å². The maximum absolute atomic E-state index is 13.6. The number of nitrogens with two attached hydrogens (primary N) is 1. The van der Waals surface area contributed by atoms with Gasteiger partial charge in [-0.3, -0.25) is 0 Å². The molecule has 0 amide bonds. The molecule has 1 aromatic carbocycles. The van der Waals surface area contributed by atoms with Gasteiger partial charge >= 0.3 is 0 Å². The second kappa shape index (κ2) is 5.46. The number of halogens is 1. The highest BCUT2D eigenvalue weighted by Crippen LogP contribution is 2.29. The molecule has 0 saturated carbocycles. The fourth-order valence-corrected chi connectivity index (χ4v) is 4.35. The molecule has 2 atom stereocenters. The maximum Gasteiger partial charge on any atom is 0.165 e. The highest BCUT2D eigenvalue weighted by Gasteiger charge is 2.29. The molecule has 1 saturated heterocycles. The summed E-state index contributed by atoms with van der Waals surface area (Å²) in [6, 6.07) is 4.26. The van der Waals surface area contributed by atoms with Crippen LogP contribution in [0.5, 0.6) is 5.75 Å². The van der Waals surface area contributed by atoms with Gasteiger partial charge in [0.2, 0.25) is 0 Å². The smallest absolute Gasteiger partial charge is 0.165 e. The summed E-state index contributed by atoms with van der Waals surface area (Å²) in [5, 5.41) is 0. The van der Waals surface area contributed by atoms with Crippen LogP contribution in [-0.2, 0) is 9.84 Å². The average Bonchev–Trinajstić information content (AvgIpc) is 2.68. The average molecular weight is 287 g/mol. The molecule has 4 nitrogen and oxygen atoms in total. The van der Waals surface area contributed by atoms with Crippen LogP contribution in [-0.4, -0.2) is 27.0 Å². The minimum atomic E-state index is -2.89. The lowest BCUT2D eigenvalue weighted by molar-refractivity contribution is 0.385. The standard InChI is InChI=1S/C13H18FNO3S/c1-18-13-3-2-10(7-11(13)14)12(15)6-9-4-5-19(16,17)8-9/h2-3,7,9,12H,4-6,8,15H2,1H3. The molecule has 0 bridgehead atoms. The summed E-state index contributed by atoms with van der Waals surface area (Å²) < 4.78 is 41.2. The minimum Gasteiger partial charge on any atom is -0.494 e. The van der Waals surface area contributed by atoms with Crippen molar-refractivity contribution in [2.24, 2.45) is 11.7 Å². The van der Waals surface area contributed by atoms with Crippen LogP contribution in [0, 0.1) is 11.7 Å². The van der Waals surface area contributed by atoms with Crippen molar-refractivity contribution in [2.75, 3.05) is 18.6 Å². The van der Waals surface area contributed by atoms with Gasteiger partial charge in [0.25, 0.3) is 0 Å². The van der Waals surface area contributed by atoms with E-state index in [1.54, 1.807) is 6.07 Å². The Morgan fingerprint density at radius 3 is 2.79 bits per heavy atom. The normalized spacial score (nSPS) is 23.2. The number of benzene rings is 1. The summed E-state index contributed by atoms with van der Waals surface area (Å²) in [6.07, 6.45) is 1.21. The van der Waals surface area contributed by atoms with E-state index >= 15 is 0 Å². The highest BCUT2D eigenvalue weighted by molar-refractivity contribution is 7.91. The van der Waals surface area contributed by atoms with Crippen LogP contribution < -0.4 is 10.5 Å². The first-order valence-electron chi connectivity index (χ1n) is 6.21. The monoisotopic (exact) mass is 287 g/mol. The lowest BCUT2D eigenvalue weighted by Gasteiger charge is -2.16. The fraction of sp³-hybridized carbons (Fsp3) is 0.538. The van der Waals surface area contributed by atoms with E-state index in [1.165, 1.54) is 19.2 Å². The van der Waals surface area contributed by atoms with E-state index in [9.17, 15) is 12.8 Å². The lowest BCUT2D eigenvalue weighted by Crippen LogP contribution is -2.16. The van der Waals surface area contributed by atoms with Gasteiger partial charge in [0.1, 0.15) is 0 Å². The molecular weight excluding hydrogens is 269 g/mol. The highest BCUT2D eigenvalue weighted by atomic mass is 32.2. The van der Waals surface area contributed by atoms with Crippen LogP contribution in [0.2, 0.25) is 0 Å². The number of methoxy groups -OCH3 is 1. The van der Waals surface area contributed by atoms with Crippen LogP contribution in [0.25, 0.3) is 0 Å². The maximum atomic E-state index is 13.6. The molecule has 0 aromatic heterocycles. The Morgan fingerprint density at radius 1 is 1.53 bits per heavy atom. The largest absolute Gasteiger partial charge is 0.494 e. The van der Waals surface area contributed by atoms with Gasteiger partial charge < -0.3 is 10.5 Å². The molecule has 1 heterocycles. The molecule has 0 spiro atoms. The Hall–Kier alpha value is -1.14. The van der Waals surface area contributed by atoms with E-state index in [0.717, 1.165) is 0 Å². The number of hydrogen-bond acceptors (Lipinski definition) is 4. The molecule has 1 fully saturated rings. The Balaban J connectivity index is 2.04. The SMILES string of the molecule is COc1ccc(C(N)CC2CCS(=O)(=O)C2)cc1F. The zero-order chi connectivity index (χ0) is 14.0. The zero-order valence-corrected chi connectivity index (χ0v) is 11.6. The zero-order valence-electron chi connectivity index (χ0n) is 10.8. The second-order valence-corrected chi connectivity index (χ2v) is 7.23. The second-order valence-electron chi connectivity index (χ2n) is 5.01. The van der Waals surface area contributed by atoms with Crippen molar-refractivity contribution in [3.05, 3.63) is 29.6 Å². The van der Waals surface area contributed by atoms with E-state index in [-0.39, 0.29) is 29.2 Å². The van der Waals surface area contributed by atoms with E-state index < -0.39 is 15.7 Å². The molecule has 2 unspecified atom stereocenters. The lowest BCUT2D eigenvalue weighted by atomic mass is 9.95. The van der Waals surface area contributed by atoms with Crippen molar-refractivity contribution in [3.63, 3.8) is 0 Å². The van der Waals surface area contributed by atoms with Crippen LogP contribution in [0.4, 0.5) is 4.39 Å². The molecule has 0 aliphatic carbocycles. The van der Waals surface area contributed by atoms with Crippen molar-refractivity contribution in [2.45, 2.75) is 18.9 Å². The van der Waals surface area contributed by atoms with Gasteiger partial charge in [-0.15, -0.1) is 0 Å². The number of ether oxygens (including phenoxy) is 1. The van der Waals surface area contributed by atoms with Crippen LogP contribution in [0.1, 0.15) is 24.4 Å². The molecule has 1 aliphatic heterocycles. The molecule has 19 heavy (non-hydrogen) atoms. The van der Waals surface area contributed by atoms with Gasteiger partial charge in [-0.05, 0) is 36.5 Å². The van der Waals surface area contributed by atoms with E-state index in [0.29, 0.717) is 18.4 Å². The summed E-state index contributed by atoms with van der Waals surface area (Å²) in [5.74, 6) is 0.236. The number of rotatable bonds is 4. The third-order valence-electron chi connectivity index (χ3n) is 3.52. The van der Waals surface area contributed by atoms with Crippen LogP contribution in [0.15, 0.2) is 18.2 Å². The molecule has 2 rings (SSSR count). The summed E-state index contributed by atoms with van der Waals surface area (Å²) in [5.41, 5.74) is 6.69. The van der Waals surface area contributed by atoms with Crippen molar-refractivity contribution < 1.29 is 17.5 Å². The third kappa shape index (κ3) is 3.45. The van der Waals surface area contributed by atoms with Crippen molar-refractivity contribution in [1.29, 1.82) is 0 Å². The molecule has 1 aliphatic rings. The van der Waals surface area contributed by atoms with Crippen LogP contribution >= 0.6 is 0 Å². The Labute approximate surface area is 112 Å². The molecular formula is C13H18FNO3S. The molecule has 6 heteroatoms. The van der Waals surface area contributed by atoms with E-state index in [2.05, 4.69) is 0 Å². The fourth-order valence-electron chi connectivity index (χ4n) is 2.47. The Kier molecular flexibility index (Phi) is 4.10. The van der Waals surface area contributed by atoms with Gasteiger partial charge in [-0.2, -0.15) is 0 Å². The number of sulfone groups is 1. The summed E-state index contributed by atoms with van der Waals surface area (Å²) in [7, 11) is -1.49. The van der Waals surface area contributed by atoms with Crippen molar-refractivity contribution >= 4 is 9.84 Å². The first-order valence-corrected chi connectivity index (χ1v) is 8.03. The summed E-state index contributed by atoms with van der Waals surface area (Å²) in [6.45, 7) is 0. The van der Waals surface area contributed by atoms with E-state index in [4.69, 9.17) is 10.5 Å². The number of hydrogen-bond donors (Lipinski definition) is 1. The van der Waals surface area contributed by atoms with Gasteiger partial charge in [-0.1, -0.05) is 6.07 Å². The Bertz CT molecular complexity index is 559. The van der Waals surface area contributed by atoms with Gasteiger partial charge in [0.15, 0.2) is 21.4 Å². The molecule has 0 radical (unpaired) electrons. The quantitative estimate of drug-likeness (QED) is 0.914. The third-order valence-corrected chi connectivity index (χ3v) is 5.35. The predicted octanol–water partition coefficient (Wildman–Crippen LogP) is 1.66. The predicted molar refractivity (Wildman–Crippen MR) is 71.3 cm³/mol. The summed E-state index contributed by atoms with van der Waals surface area (Å²) in [4.78, 5) is 0. The van der Waals surface area contributed by atoms with Gasteiger partial charge in [0, 0.05) is 6.04 Å². The summed E-state index contributed by atoms with van der Waals surface area (Å²) >= 11 is 0. The molecule has 1 aromatic rings. The van der Waals surface area contributed by atoms with Gasteiger partial charge in [0.05, 0.1) is 18.6 Å². The first-order chi connectivity index (χ1) is 8.91. The van der Waals surface area contributed by atoms with Crippen LogP contribution in [0.3, 0.4) is 0 Å². The first kappa shape index (κ1) is 14.3.